The number of quaternary nitrogens is 1. The SMILES string of the molecule is Cn1cnc([N+](=O)[O-])c1C[N+](C)(C)C/C=C/C(=O)Nc1cc2c(Nc3cccc(C#N)c3)ncnc2cn1. The van der Waals surface area contributed by atoms with Crippen LogP contribution in [0.5, 0.6) is 0 Å². The molecule has 0 saturated carbocycles. The lowest BCUT2D eigenvalue weighted by Crippen LogP contribution is -2.39. The number of carbonyl (C=O) groups excluding carboxylic acids is 1. The summed E-state index contributed by atoms with van der Waals surface area (Å²) in [4.78, 5) is 40.0. The van der Waals surface area contributed by atoms with Gasteiger partial charge in [-0.25, -0.2) is 15.0 Å². The van der Waals surface area contributed by atoms with Crippen molar-refractivity contribution in [1.29, 1.82) is 5.26 Å². The summed E-state index contributed by atoms with van der Waals surface area (Å²) in [6, 6.07) is 10.8. The third-order valence-corrected chi connectivity index (χ3v) is 5.68. The molecule has 0 aliphatic rings. The number of carbonyl (C=O) groups is 1. The second-order valence-corrected chi connectivity index (χ2v) is 9.18. The molecule has 38 heavy (non-hydrogen) atoms. The van der Waals surface area contributed by atoms with Crippen LogP contribution >= 0.6 is 0 Å². The maximum Gasteiger partial charge on any atom is 0.390 e. The zero-order valence-corrected chi connectivity index (χ0v) is 21.0. The number of amides is 1. The first-order valence-electron chi connectivity index (χ1n) is 11.5. The van der Waals surface area contributed by atoms with Gasteiger partial charge in [0, 0.05) is 24.2 Å². The molecule has 192 valence electrons. The molecule has 13 nitrogen and oxygen atoms in total. The van der Waals surface area contributed by atoms with E-state index in [0.717, 1.165) is 0 Å². The van der Waals surface area contributed by atoms with Crippen LogP contribution in [0.1, 0.15) is 11.3 Å². The van der Waals surface area contributed by atoms with Crippen LogP contribution < -0.4 is 10.6 Å². The molecule has 0 fully saturated rings. The Kier molecular flexibility index (Phi) is 7.36. The summed E-state index contributed by atoms with van der Waals surface area (Å²) in [7, 11) is 5.53. The fourth-order valence-electron chi connectivity index (χ4n) is 3.79. The number of hydrogen-bond acceptors (Lipinski definition) is 9. The number of nitro groups is 1. The Bertz CT molecular complexity index is 1590. The first-order chi connectivity index (χ1) is 18.1. The molecule has 2 N–H and O–H groups in total. The fraction of sp³-hybridized carbons (Fsp3) is 0.200. The van der Waals surface area contributed by atoms with E-state index in [0.29, 0.717) is 57.1 Å². The van der Waals surface area contributed by atoms with E-state index in [1.54, 1.807) is 42.0 Å². The van der Waals surface area contributed by atoms with E-state index in [-0.39, 0.29) is 11.7 Å². The Morgan fingerprint density at radius 3 is 2.82 bits per heavy atom. The lowest BCUT2D eigenvalue weighted by Gasteiger charge is -2.27. The molecule has 4 rings (SSSR count). The Morgan fingerprint density at radius 1 is 1.24 bits per heavy atom. The van der Waals surface area contributed by atoms with Crippen LogP contribution in [0.4, 0.5) is 23.1 Å². The predicted octanol–water partition coefficient (Wildman–Crippen LogP) is 3.05. The van der Waals surface area contributed by atoms with Crippen molar-refractivity contribution in [3.05, 3.63) is 82.7 Å². The van der Waals surface area contributed by atoms with Gasteiger partial charge in [0.1, 0.15) is 24.5 Å². The monoisotopic (exact) mass is 513 g/mol. The number of rotatable bonds is 9. The smallest absolute Gasteiger partial charge is 0.358 e. The highest BCUT2D eigenvalue weighted by Crippen LogP contribution is 2.25. The fourth-order valence-corrected chi connectivity index (χ4v) is 3.79. The molecule has 1 amide bonds. The number of nitriles is 1. The average molecular weight is 514 g/mol. The first kappa shape index (κ1) is 25.9. The van der Waals surface area contributed by atoms with Crippen LogP contribution in [0.3, 0.4) is 0 Å². The largest absolute Gasteiger partial charge is 0.390 e. The standard InChI is InChI=1S/C25H24N10O3/c1-33-16-30-25(34(37)38)21(33)14-35(2,3)9-5-8-23(36)32-22-11-19-20(13-27-22)28-15-29-24(19)31-18-7-4-6-17(10-18)12-26/h4-8,10-11,13,15-16H,9,14H2,1-3H3,(H-,27,28,29,31,32,36)/p+1/b8-5+. The summed E-state index contributed by atoms with van der Waals surface area (Å²) < 4.78 is 2.00. The van der Waals surface area contributed by atoms with Crippen molar-refractivity contribution < 1.29 is 14.2 Å². The quantitative estimate of drug-likeness (QED) is 0.148. The van der Waals surface area contributed by atoms with Crippen molar-refractivity contribution in [2.75, 3.05) is 31.3 Å². The topological polar surface area (TPSA) is 165 Å². The molecule has 3 aromatic heterocycles. The molecule has 13 heteroatoms. The van der Waals surface area contributed by atoms with Crippen LogP contribution in [0.2, 0.25) is 0 Å². The summed E-state index contributed by atoms with van der Waals surface area (Å²) >= 11 is 0. The van der Waals surface area contributed by atoms with E-state index < -0.39 is 4.92 Å². The first-order valence-corrected chi connectivity index (χ1v) is 11.5. The van der Waals surface area contributed by atoms with Gasteiger partial charge < -0.3 is 29.8 Å². The van der Waals surface area contributed by atoms with E-state index in [4.69, 9.17) is 5.26 Å². The minimum atomic E-state index is -0.495. The number of pyridine rings is 1. The predicted molar refractivity (Wildman–Crippen MR) is 140 cm³/mol. The molecule has 4 aromatic rings. The van der Waals surface area contributed by atoms with Crippen LogP contribution in [0, 0.1) is 21.4 Å². The molecule has 0 atom stereocenters. The number of hydrogen-bond donors (Lipinski definition) is 2. The van der Waals surface area contributed by atoms with Crippen molar-refractivity contribution in [3.8, 4) is 6.07 Å². The number of aromatic nitrogens is 5. The van der Waals surface area contributed by atoms with E-state index in [9.17, 15) is 14.9 Å². The molecule has 0 unspecified atom stereocenters. The highest BCUT2D eigenvalue weighted by molar-refractivity contribution is 6.00. The molecular weight excluding hydrogens is 488 g/mol. The second kappa shape index (κ2) is 10.8. The molecular formula is C25H25N10O3+. The Hall–Kier alpha value is -5.22. The van der Waals surface area contributed by atoms with E-state index in [2.05, 4.69) is 36.6 Å². The van der Waals surface area contributed by atoms with E-state index in [1.165, 1.54) is 24.9 Å². The number of likely N-dealkylation sites (N-methyl/N-ethyl adjacent to an activating group) is 1. The van der Waals surface area contributed by atoms with Crippen molar-refractivity contribution >= 4 is 40.0 Å². The van der Waals surface area contributed by atoms with Crippen LogP contribution in [0.25, 0.3) is 10.9 Å². The van der Waals surface area contributed by atoms with Gasteiger partial charge in [-0.05, 0) is 40.2 Å². The summed E-state index contributed by atoms with van der Waals surface area (Å²) in [5, 5.41) is 26.9. The number of aryl methyl sites for hydroxylation is 1. The average Bonchev–Trinajstić information content (AvgIpc) is 3.23. The summed E-state index contributed by atoms with van der Waals surface area (Å²) in [5.74, 6) is 0.270. The van der Waals surface area contributed by atoms with Gasteiger partial charge >= 0.3 is 5.82 Å². The Labute approximate surface area is 217 Å². The van der Waals surface area contributed by atoms with Gasteiger partial charge in [-0.2, -0.15) is 5.26 Å². The van der Waals surface area contributed by atoms with Crippen molar-refractivity contribution in [3.63, 3.8) is 0 Å². The van der Waals surface area contributed by atoms with Gasteiger partial charge in [0.25, 0.3) is 0 Å². The third kappa shape index (κ3) is 6.12. The number of anilines is 3. The van der Waals surface area contributed by atoms with Gasteiger partial charge in [-0.3, -0.25) is 4.79 Å². The second-order valence-electron chi connectivity index (χ2n) is 9.18. The summed E-state index contributed by atoms with van der Waals surface area (Å²) in [6.07, 6.45) is 7.47. The van der Waals surface area contributed by atoms with E-state index >= 15 is 0 Å². The lowest BCUT2D eigenvalue weighted by atomic mass is 10.2. The van der Waals surface area contributed by atoms with Gasteiger partial charge in [0.2, 0.25) is 12.2 Å². The maximum atomic E-state index is 12.6. The highest BCUT2D eigenvalue weighted by atomic mass is 16.6. The minimum absolute atomic E-state index is 0.168. The van der Waals surface area contributed by atoms with Crippen LogP contribution in [-0.4, -0.2) is 60.5 Å². The normalized spacial score (nSPS) is 11.4. The molecule has 3 heterocycles. The molecule has 0 saturated heterocycles. The van der Waals surface area contributed by atoms with E-state index in [1.807, 2.05) is 20.2 Å². The highest BCUT2D eigenvalue weighted by Gasteiger charge is 2.26. The number of nitrogens with one attached hydrogen (secondary N) is 2. The lowest BCUT2D eigenvalue weighted by molar-refractivity contribution is -0.898. The molecule has 0 spiro atoms. The summed E-state index contributed by atoms with van der Waals surface area (Å²) in [5.41, 5.74) is 2.28. The van der Waals surface area contributed by atoms with Crippen molar-refractivity contribution in [1.82, 2.24) is 24.5 Å². The summed E-state index contributed by atoms with van der Waals surface area (Å²) in [6.45, 7) is 0.808. The third-order valence-electron chi connectivity index (χ3n) is 5.68. The number of imidazole rings is 1. The zero-order chi connectivity index (χ0) is 27.3. The molecule has 0 aliphatic heterocycles. The molecule has 0 radical (unpaired) electrons. The van der Waals surface area contributed by atoms with Gasteiger partial charge in [0.05, 0.1) is 44.0 Å². The molecule has 1 aromatic carbocycles. The van der Waals surface area contributed by atoms with Crippen LogP contribution in [-0.2, 0) is 18.4 Å². The minimum Gasteiger partial charge on any atom is -0.358 e. The van der Waals surface area contributed by atoms with Gasteiger partial charge in [-0.1, -0.05) is 6.07 Å². The van der Waals surface area contributed by atoms with Gasteiger partial charge in [0.15, 0.2) is 5.69 Å². The van der Waals surface area contributed by atoms with Gasteiger partial charge in [-0.15, -0.1) is 0 Å². The zero-order valence-electron chi connectivity index (χ0n) is 21.0. The molecule has 0 aliphatic carbocycles. The maximum absolute atomic E-state index is 12.6. The van der Waals surface area contributed by atoms with Crippen LogP contribution in [0.15, 0.2) is 61.3 Å². The Balaban J connectivity index is 1.44. The number of nitrogens with zero attached hydrogens (tertiary/aromatic N) is 8. The molecule has 0 bridgehead atoms. The number of fused-ring (bicyclic) bond motifs is 1. The Morgan fingerprint density at radius 2 is 2.05 bits per heavy atom. The van der Waals surface area contributed by atoms with Crippen molar-refractivity contribution in [2.24, 2.45) is 7.05 Å². The van der Waals surface area contributed by atoms with Crippen molar-refractivity contribution in [2.45, 2.75) is 6.54 Å². The number of benzene rings is 1.